The Morgan fingerprint density at radius 3 is 2.65 bits per heavy atom. The van der Waals surface area contributed by atoms with Crippen molar-refractivity contribution in [3.05, 3.63) is 69.0 Å². The number of halogens is 1. The van der Waals surface area contributed by atoms with E-state index < -0.39 is 0 Å². The molecule has 31 heavy (non-hydrogen) atoms. The third-order valence-corrected chi connectivity index (χ3v) is 6.78. The van der Waals surface area contributed by atoms with Crippen LogP contribution in [0.1, 0.15) is 11.1 Å². The zero-order valence-corrected chi connectivity index (χ0v) is 19.2. The van der Waals surface area contributed by atoms with Gasteiger partial charge in [-0.2, -0.15) is 0 Å². The van der Waals surface area contributed by atoms with Crippen molar-refractivity contribution in [2.75, 3.05) is 31.9 Å². The molecule has 0 aliphatic carbocycles. The molecule has 0 unspecified atom stereocenters. The molecule has 0 N–H and O–H groups in total. The molecule has 2 heterocycles. The van der Waals surface area contributed by atoms with E-state index in [2.05, 4.69) is 16.0 Å². The van der Waals surface area contributed by atoms with Gasteiger partial charge in [0, 0.05) is 44.8 Å². The molecule has 1 saturated heterocycles. The number of fused-ring (bicyclic) bond motifs is 1. The first kappa shape index (κ1) is 21.9. The number of aromatic nitrogens is 2. The molecule has 1 fully saturated rings. The molecular weight excluding hydrogens is 432 g/mol. The lowest BCUT2D eigenvalue weighted by molar-refractivity contribution is -0.130. The molecule has 0 radical (unpaired) electrons. The Morgan fingerprint density at radius 2 is 1.90 bits per heavy atom. The number of amides is 1. The van der Waals surface area contributed by atoms with Gasteiger partial charge < -0.3 is 4.90 Å². The smallest absolute Gasteiger partial charge is 0.261 e. The lowest BCUT2D eigenvalue weighted by Crippen LogP contribution is -2.48. The zero-order valence-electron chi connectivity index (χ0n) is 17.7. The predicted molar refractivity (Wildman–Crippen MR) is 126 cm³/mol. The number of carbonyl (C=O) groups is 1. The van der Waals surface area contributed by atoms with Crippen LogP contribution in [0.4, 0.5) is 0 Å². The van der Waals surface area contributed by atoms with Gasteiger partial charge in [-0.1, -0.05) is 47.1 Å². The Bertz CT molecular complexity index is 1170. The second-order valence-electron chi connectivity index (χ2n) is 7.85. The number of hydrogen-bond donors (Lipinski definition) is 0. The second kappa shape index (κ2) is 9.42. The Kier molecular flexibility index (Phi) is 6.65. The third kappa shape index (κ3) is 5.11. The minimum absolute atomic E-state index is 0.0747. The van der Waals surface area contributed by atoms with Crippen LogP contribution >= 0.6 is 23.4 Å². The number of hydrogen-bond acceptors (Lipinski definition) is 5. The van der Waals surface area contributed by atoms with Crippen molar-refractivity contribution in [3.8, 4) is 0 Å². The molecule has 1 aromatic heterocycles. The molecule has 4 rings (SSSR count). The van der Waals surface area contributed by atoms with Gasteiger partial charge >= 0.3 is 0 Å². The highest BCUT2D eigenvalue weighted by atomic mass is 35.5. The molecule has 2 aromatic carbocycles. The first-order chi connectivity index (χ1) is 14.9. The molecule has 3 aromatic rings. The van der Waals surface area contributed by atoms with Crippen LogP contribution in [0.2, 0.25) is 5.02 Å². The van der Waals surface area contributed by atoms with Crippen molar-refractivity contribution in [2.45, 2.75) is 18.6 Å². The highest BCUT2D eigenvalue weighted by Crippen LogP contribution is 2.19. The fraction of sp³-hybridized carbons (Fsp3) is 0.348. The van der Waals surface area contributed by atoms with Crippen LogP contribution in [0.3, 0.4) is 0 Å². The Hall–Kier alpha value is -2.35. The van der Waals surface area contributed by atoms with E-state index in [-0.39, 0.29) is 17.2 Å². The minimum Gasteiger partial charge on any atom is -0.339 e. The van der Waals surface area contributed by atoms with Crippen LogP contribution in [-0.4, -0.2) is 57.2 Å². The molecule has 0 atom stereocenters. The highest BCUT2D eigenvalue weighted by molar-refractivity contribution is 7.99. The van der Waals surface area contributed by atoms with Crippen molar-refractivity contribution < 1.29 is 4.79 Å². The lowest BCUT2D eigenvalue weighted by Gasteiger charge is -2.34. The van der Waals surface area contributed by atoms with Gasteiger partial charge in [0.25, 0.3) is 5.56 Å². The zero-order chi connectivity index (χ0) is 22.0. The van der Waals surface area contributed by atoms with Gasteiger partial charge in [0.05, 0.1) is 16.7 Å². The van der Waals surface area contributed by atoms with Gasteiger partial charge in [-0.05, 0) is 36.8 Å². The molecule has 8 heteroatoms. The molecule has 0 saturated carbocycles. The van der Waals surface area contributed by atoms with Crippen LogP contribution in [0.25, 0.3) is 10.9 Å². The number of benzene rings is 2. The van der Waals surface area contributed by atoms with Gasteiger partial charge in [0.2, 0.25) is 5.91 Å². The summed E-state index contributed by atoms with van der Waals surface area (Å²) < 4.78 is 1.53. The average Bonchev–Trinajstić information content (AvgIpc) is 2.76. The van der Waals surface area contributed by atoms with Gasteiger partial charge in [0.15, 0.2) is 5.16 Å². The monoisotopic (exact) mass is 456 g/mol. The number of carbonyl (C=O) groups excluding carboxylic acids is 1. The van der Waals surface area contributed by atoms with E-state index in [1.165, 1.54) is 21.9 Å². The van der Waals surface area contributed by atoms with Crippen molar-refractivity contribution in [1.82, 2.24) is 19.4 Å². The molecule has 1 aliphatic rings. The van der Waals surface area contributed by atoms with E-state index >= 15 is 0 Å². The summed E-state index contributed by atoms with van der Waals surface area (Å²) in [6.45, 7) is 5.84. The van der Waals surface area contributed by atoms with Crippen LogP contribution < -0.4 is 5.56 Å². The summed E-state index contributed by atoms with van der Waals surface area (Å²) in [6.07, 6.45) is 0. The van der Waals surface area contributed by atoms with Crippen molar-refractivity contribution in [2.24, 2.45) is 7.05 Å². The SMILES string of the molecule is Cc1ccc2nc(SCC(=O)N3CCN(Cc4cccc(Cl)c4)CC3)n(C)c(=O)c2c1. The second-order valence-corrected chi connectivity index (χ2v) is 9.23. The number of nitrogens with zero attached hydrogens (tertiary/aromatic N) is 4. The van der Waals surface area contributed by atoms with Crippen LogP contribution in [0.5, 0.6) is 0 Å². The Balaban J connectivity index is 1.34. The summed E-state index contributed by atoms with van der Waals surface area (Å²) in [6, 6.07) is 13.5. The third-order valence-electron chi connectivity index (χ3n) is 5.54. The van der Waals surface area contributed by atoms with Crippen LogP contribution in [-0.2, 0) is 18.4 Å². The topological polar surface area (TPSA) is 58.4 Å². The van der Waals surface area contributed by atoms with Crippen LogP contribution in [0.15, 0.2) is 52.4 Å². The normalized spacial score (nSPS) is 14.9. The van der Waals surface area contributed by atoms with E-state index in [0.717, 1.165) is 30.2 Å². The number of aryl methyl sites for hydroxylation is 1. The van der Waals surface area contributed by atoms with Gasteiger partial charge in [-0.3, -0.25) is 19.1 Å². The van der Waals surface area contributed by atoms with Gasteiger partial charge in [-0.25, -0.2) is 4.98 Å². The average molecular weight is 457 g/mol. The summed E-state index contributed by atoms with van der Waals surface area (Å²) >= 11 is 7.39. The minimum atomic E-state index is -0.0849. The highest BCUT2D eigenvalue weighted by Gasteiger charge is 2.22. The van der Waals surface area contributed by atoms with Crippen molar-refractivity contribution in [1.29, 1.82) is 0 Å². The maximum atomic E-state index is 12.7. The summed E-state index contributed by atoms with van der Waals surface area (Å²) in [5.41, 5.74) is 2.79. The standard InChI is InChI=1S/C23H25ClN4O2S/c1-16-6-7-20-19(12-16)22(30)26(2)23(25-20)31-15-21(29)28-10-8-27(9-11-28)14-17-4-3-5-18(24)13-17/h3-7,12-13H,8-11,14-15H2,1-2H3. The first-order valence-corrected chi connectivity index (χ1v) is 11.6. The van der Waals surface area contributed by atoms with Crippen molar-refractivity contribution in [3.63, 3.8) is 0 Å². The Labute approximate surface area is 190 Å². The van der Waals surface area contributed by atoms with E-state index in [0.29, 0.717) is 29.1 Å². The largest absolute Gasteiger partial charge is 0.339 e. The van der Waals surface area contributed by atoms with E-state index in [1.807, 2.05) is 48.2 Å². The van der Waals surface area contributed by atoms with E-state index in [4.69, 9.17) is 11.6 Å². The predicted octanol–water partition coefficient (Wildman–Crippen LogP) is 3.33. The molecule has 162 valence electrons. The molecule has 1 aliphatic heterocycles. The molecule has 1 amide bonds. The van der Waals surface area contributed by atoms with E-state index in [1.54, 1.807) is 7.05 Å². The molecule has 0 bridgehead atoms. The fourth-order valence-electron chi connectivity index (χ4n) is 3.76. The number of piperazine rings is 1. The molecule has 6 nitrogen and oxygen atoms in total. The maximum absolute atomic E-state index is 12.7. The quantitative estimate of drug-likeness (QED) is 0.435. The van der Waals surface area contributed by atoms with Crippen molar-refractivity contribution >= 4 is 40.2 Å². The number of thioether (sulfide) groups is 1. The molecule has 0 spiro atoms. The van der Waals surface area contributed by atoms with Gasteiger partial charge in [0.1, 0.15) is 0 Å². The first-order valence-electron chi connectivity index (χ1n) is 10.3. The number of rotatable bonds is 5. The molecular formula is C23H25ClN4O2S. The lowest BCUT2D eigenvalue weighted by atomic mass is 10.2. The summed E-state index contributed by atoms with van der Waals surface area (Å²) in [7, 11) is 1.71. The summed E-state index contributed by atoms with van der Waals surface area (Å²) in [4.78, 5) is 34.2. The van der Waals surface area contributed by atoms with Crippen LogP contribution in [0, 0.1) is 6.92 Å². The fourth-order valence-corrected chi connectivity index (χ4v) is 4.85. The van der Waals surface area contributed by atoms with Gasteiger partial charge in [-0.15, -0.1) is 0 Å². The van der Waals surface area contributed by atoms with E-state index in [9.17, 15) is 9.59 Å². The Morgan fingerprint density at radius 1 is 1.13 bits per heavy atom. The summed E-state index contributed by atoms with van der Waals surface area (Å²) in [5, 5.41) is 1.92. The maximum Gasteiger partial charge on any atom is 0.261 e. The summed E-state index contributed by atoms with van der Waals surface area (Å²) in [5.74, 6) is 0.344.